The molecule has 1 aliphatic rings. The highest BCUT2D eigenvalue weighted by atomic mass is 35.5. The van der Waals surface area contributed by atoms with E-state index in [1.807, 2.05) is 0 Å². The molecule has 0 spiro atoms. The predicted molar refractivity (Wildman–Crippen MR) is 80.6 cm³/mol. The molecule has 6 heteroatoms. The molecular formula is C14H22ClN3O2. The van der Waals surface area contributed by atoms with Gasteiger partial charge in [0.1, 0.15) is 5.69 Å². The van der Waals surface area contributed by atoms with Gasteiger partial charge in [-0.25, -0.2) is 0 Å². The smallest absolute Gasteiger partial charge is 0.268 e. The number of nitrogens with one attached hydrogen (secondary N) is 2. The molecule has 20 heavy (non-hydrogen) atoms. The maximum atomic E-state index is 12.3. The Balaban J connectivity index is 0.00000200. The molecule has 1 saturated heterocycles. The Labute approximate surface area is 125 Å². The number of Topliss-reactive ketones (excluding diaryl/α,β-unsaturated/α-hetero) is 1. The molecular weight excluding hydrogens is 278 g/mol. The normalized spacial score (nSPS) is 21.9. The molecule has 1 amide bonds. The summed E-state index contributed by atoms with van der Waals surface area (Å²) >= 11 is 0. The molecule has 2 atom stereocenters. The average molecular weight is 300 g/mol. The van der Waals surface area contributed by atoms with Gasteiger partial charge in [0, 0.05) is 24.8 Å². The van der Waals surface area contributed by atoms with Crippen LogP contribution in [0.15, 0.2) is 12.3 Å². The van der Waals surface area contributed by atoms with Crippen LogP contribution in [-0.4, -0.2) is 35.4 Å². The summed E-state index contributed by atoms with van der Waals surface area (Å²) < 4.78 is 1.71. The third kappa shape index (κ3) is 3.61. The first-order chi connectivity index (χ1) is 8.99. The van der Waals surface area contributed by atoms with E-state index in [9.17, 15) is 9.59 Å². The zero-order valence-electron chi connectivity index (χ0n) is 12.1. The minimum absolute atomic E-state index is 0. The number of amides is 1. The quantitative estimate of drug-likeness (QED) is 0.829. The summed E-state index contributed by atoms with van der Waals surface area (Å²) in [6.45, 7) is 5.49. The first-order valence-electron chi connectivity index (χ1n) is 6.68. The molecule has 2 heterocycles. The number of piperidine rings is 1. The van der Waals surface area contributed by atoms with Gasteiger partial charge < -0.3 is 15.2 Å². The van der Waals surface area contributed by atoms with Crippen LogP contribution >= 0.6 is 12.4 Å². The summed E-state index contributed by atoms with van der Waals surface area (Å²) in [5, 5.41) is 6.37. The molecule has 112 valence electrons. The Morgan fingerprint density at radius 3 is 2.70 bits per heavy atom. The highest BCUT2D eigenvalue weighted by molar-refractivity contribution is 5.99. The largest absolute Gasteiger partial charge is 0.348 e. The fourth-order valence-corrected chi connectivity index (χ4v) is 2.45. The zero-order chi connectivity index (χ0) is 14.0. The molecule has 5 nitrogen and oxygen atoms in total. The van der Waals surface area contributed by atoms with E-state index in [2.05, 4.69) is 17.6 Å². The molecule has 0 radical (unpaired) electrons. The number of hydrogen-bond donors (Lipinski definition) is 2. The Kier molecular flexibility index (Phi) is 5.77. The van der Waals surface area contributed by atoms with Gasteiger partial charge in [-0.15, -0.1) is 12.4 Å². The van der Waals surface area contributed by atoms with Gasteiger partial charge in [0.25, 0.3) is 5.91 Å². The molecule has 2 N–H and O–H groups in total. The van der Waals surface area contributed by atoms with Crippen molar-refractivity contribution in [3.8, 4) is 0 Å². The third-order valence-electron chi connectivity index (χ3n) is 3.75. The maximum absolute atomic E-state index is 12.3. The summed E-state index contributed by atoms with van der Waals surface area (Å²) in [6, 6.07) is 1.85. The molecule has 2 unspecified atom stereocenters. The fourth-order valence-electron chi connectivity index (χ4n) is 2.45. The summed E-state index contributed by atoms with van der Waals surface area (Å²) in [5.41, 5.74) is 1.11. The topological polar surface area (TPSA) is 63.1 Å². The van der Waals surface area contributed by atoms with Gasteiger partial charge in [-0.1, -0.05) is 6.92 Å². The van der Waals surface area contributed by atoms with Crippen LogP contribution in [0.3, 0.4) is 0 Å². The molecule has 0 saturated carbocycles. The van der Waals surface area contributed by atoms with E-state index in [1.54, 1.807) is 23.9 Å². The average Bonchev–Trinajstić information content (AvgIpc) is 2.74. The van der Waals surface area contributed by atoms with E-state index in [0.717, 1.165) is 19.5 Å². The molecule has 2 rings (SSSR count). The molecule has 0 bridgehead atoms. The molecule has 1 aromatic rings. The number of rotatable bonds is 3. The third-order valence-corrected chi connectivity index (χ3v) is 3.75. The van der Waals surface area contributed by atoms with Crippen molar-refractivity contribution in [2.45, 2.75) is 26.3 Å². The van der Waals surface area contributed by atoms with Crippen LogP contribution in [0, 0.1) is 5.92 Å². The van der Waals surface area contributed by atoms with Crippen LogP contribution in [0.5, 0.6) is 0 Å². The lowest BCUT2D eigenvalue weighted by Crippen LogP contribution is -2.48. The van der Waals surface area contributed by atoms with E-state index in [-0.39, 0.29) is 30.1 Å². The van der Waals surface area contributed by atoms with E-state index in [1.165, 1.54) is 6.92 Å². The lowest BCUT2D eigenvalue weighted by molar-refractivity contribution is 0.0905. The monoisotopic (exact) mass is 299 g/mol. The summed E-state index contributed by atoms with van der Waals surface area (Å²) in [5.74, 6) is 0.295. The Bertz CT molecular complexity index is 499. The number of carbonyl (C=O) groups is 2. The van der Waals surface area contributed by atoms with Gasteiger partial charge >= 0.3 is 0 Å². The van der Waals surface area contributed by atoms with Crippen molar-refractivity contribution in [3.63, 3.8) is 0 Å². The number of aromatic nitrogens is 1. The van der Waals surface area contributed by atoms with Crippen LogP contribution in [0.25, 0.3) is 0 Å². The molecule has 1 aliphatic heterocycles. The number of carbonyl (C=O) groups excluding carboxylic acids is 2. The zero-order valence-corrected chi connectivity index (χ0v) is 12.9. The molecule has 0 aromatic carbocycles. The van der Waals surface area contributed by atoms with Crippen molar-refractivity contribution >= 4 is 24.1 Å². The summed E-state index contributed by atoms with van der Waals surface area (Å²) in [7, 11) is 1.78. The van der Waals surface area contributed by atoms with Gasteiger partial charge in [-0.05, 0) is 38.4 Å². The van der Waals surface area contributed by atoms with Gasteiger partial charge in [0.05, 0.1) is 0 Å². The minimum Gasteiger partial charge on any atom is -0.348 e. The van der Waals surface area contributed by atoms with Crippen molar-refractivity contribution in [3.05, 3.63) is 23.5 Å². The van der Waals surface area contributed by atoms with E-state index in [4.69, 9.17) is 0 Å². The Morgan fingerprint density at radius 2 is 2.15 bits per heavy atom. The summed E-state index contributed by atoms with van der Waals surface area (Å²) in [6.07, 6.45) is 2.64. The van der Waals surface area contributed by atoms with E-state index in [0.29, 0.717) is 17.2 Å². The fraction of sp³-hybridized carbons (Fsp3) is 0.571. The Hall–Kier alpha value is -1.33. The van der Waals surface area contributed by atoms with Crippen molar-refractivity contribution in [2.24, 2.45) is 13.0 Å². The van der Waals surface area contributed by atoms with Crippen molar-refractivity contribution < 1.29 is 9.59 Å². The van der Waals surface area contributed by atoms with Crippen LogP contribution in [0.1, 0.15) is 41.1 Å². The Morgan fingerprint density at radius 1 is 1.45 bits per heavy atom. The van der Waals surface area contributed by atoms with Gasteiger partial charge in [-0.3, -0.25) is 9.59 Å². The second-order valence-electron chi connectivity index (χ2n) is 5.33. The second-order valence-corrected chi connectivity index (χ2v) is 5.33. The predicted octanol–water partition coefficient (Wildman–Crippen LogP) is 1.38. The van der Waals surface area contributed by atoms with Crippen molar-refractivity contribution in [1.29, 1.82) is 0 Å². The van der Waals surface area contributed by atoms with Crippen LogP contribution in [0.4, 0.5) is 0 Å². The minimum atomic E-state index is -0.103. The number of halogens is 1. The first kappa shape index (κ1) is 16.7. The number of aryl methyl sites for hydroxylation is 1. The number of nitrogens with zero attached hydrogens (tertiary/aromatic N) is 1. The first-order valence-corrected chi connectivity index (χ1v) is 6.68. The van der Waals surface area contributed by atoms with Crippen LogP contribution in [0.2, 0.25) is 0 Å². The SMILES string of the molecule is CC(=O)c1cc(C(=O)NC2CCNCC2C)n(C)c1.Cl. The highest BCUT2D eigenvalue weighted by Crippen LogP contribution is 2.13. The van der Waals surface area contributed by atoms with Crippen LogP contribution < -0.4 is 10.6 Å². The second kappa shape index (κ2) is 6.90. The van der Waals surface area contributed by atoms with Crippen molar-refractivity contribution in [1.82, 2.24) is 15.2 Å². The van der Waals surface area contributed by atoms with Crippen molar-refractivity contribution in [2.75, 3.05) is 13.1 Å². The molecule has 1 fully saturated rings. The molecule has 1 aromatic heterocycles. The highest BCUT2D eigenvalue weighted by Gasteiger charge is 2.24. The lowest BCUT2D eigenvalue weighted by atomic mass is 9.95. The maximum Gasteiger partial charge on any atom is 0.268 e. The number of ketones is 1. The van der Waals surface area contributed by atoms with Gasteiger partial charge in [0.15, 0.2) is 5.78 Å². The lowest BCUT2D eigenvalue weighted by Gasteiger charge is -2.30. The standard InChI is InChI=1S/C14H21N3O2.ClH/c1-9-7-15-5-4-12(9)16-14(19)13-6-11(10(2)18)8-17(13)3;/h6,8-9,12,15H,4-5,7H2,1-3H3,(H,16,19);1H. The van der Waals surface area contributed by atoms with Gasteiger partial charge in [0.2, 0.25) is 0 Å². The molecule has 0 aliphatic carbocycles. The van der Waals surface area contributed by atoms with E-state index >= 15 is 0 Å². The van der Waals surface area contributed by atoms with Crippen LogP contribution in [-0.2, 0) is 7.05 Å². The number of hydrogen-bond acceptors (Lipinski definition) is 3. The summed E-state index contributed by atoms with van der Waals surface area (Å²) in [4.78, 5) is 23.6. The van der Waals surface area contributed by atoms with Gasteiger partial charge in [-0.2, -0.15) is 0 Å². The van der Waals surface area contributed by atoms with E-state index < -0.39 is 0 Å².